The minimum Gasteiger partial charge on any atom is -0.463 e. The van der Waals surface area contributed by atoms with Crippen molar-refractivity contribution in [1.29, 1.82) is 0 Å². The number of carbonyl (C=O) groups is 1. The normalized spacial score (nSPS) is 19.4. The van der Waals surface area contributed by atoms with Crippen LogP contribution in [-0.4, -0.2) is 42.7 Å². The van der Waals surface area contributed by atoms with Gasteiger partial charge in [-0.15, -0.1) is 0 Å². The Morgan fingerprint density at radius 3 is 2.88 bits per heavy atom. The fourth-order valence-electron chi connectivity index (χ4n) is 2.77. The highest BCUT2D eigenvalue weighted by Crippen LogP contribution is 2.40. The molecule has 0 radical (unpaired) electrons. The molecule has 2 aliphatic heterocycles. The molecule has 6 nitrogen and oxygen atoms in total. The van der Waals surface area contributed by atoms with E-state index in [0.29, 0.717) is 23.7 Å². The summed E-state index contributed by atoms with van der Waals surface area (Å²) in [5.74, 6) is 1.04. The van der Waals surface area contributed by atoms with Gasteiger partial charge in [-0.1, -0.05) is 17.8 Å². The van der Waals surface area contributed by atoms with Gasteiger partial charge in [0.15, 0.2) is 16.7 Å². The molecule has 0 aliphatic carbocycles. The number of rotatable bonds is 3. The lowest BCUT2D eigenvalue weighted by atomic mass is 9.96. The third-order valence-corrected chi connectivity index (χ3v) is 4.83. The molecule has 0 unspecified atom stereocenters. The van der Waals surface area contributed by atoms with E-state index in [0.717, 1.165) is 16.4 Å². The van der Waals surface area contributed by atoms with Crippen LogP contribution in [0.15, 0.2) is 34.5 Å². The summed E-state index contributed by atoms with van der Waals surface area (Å²) >= 11 is 1.54. The fraction of sp³-hybridized carbons (Fsp3) is 0.412. The van der Waals surface area contributed by atoms with E-state index in [2.05, 4.69) is 0 Å². The van der Waals surface area contributed by atoms with E-state index in [1.807, 2.05) is 43.3 Å². The second-order valence-electron chi connectivity index (χ2n) is 5.41. The molecule has 2 aliphatic rings. The van der Waals surface area contributed by atoms with Crippen molar-refractivity contribution >= 4 is 22.9 Å². The molecule has 1 aromatic rings. The number of nitrogens with zero attached hydrogens (tertiary/aromatic N) is 2. The number of allylic oxidation sites excluding steroid dienone is 1. The van der Waals surface area contributed by atoms with E-state index in [4.69, 9.17) is 19.2 Å². The Kier molecular flexibility index (Phi) is 4.71. The molecular formula is C17H20N2O4S. The molecule has 3 rings (SSSR count). The number of aliphatic imine (C=N–C) groups is 1. The number of hydrogen-bond donors (Lipinski definition) is 0. The van der Waals surface area contributed by atoms with Gasteiger partial charge in [0.2, 0.25) is 6.79 Å². The van der Waals surface area contributed by atoms with E-state index >= 15 is 0 Å². The van der Waals surface area contributed by atoms with Gasteiger partial charge in [-0.05, 0) is 37.8 Å². The van der Waals surface area contributed by atoms with Crippen molar-refractivity contribution in [2.24, 2.45) is 4.99 Å². The van der Waals surface area contributed by atoms with Crippen LogP contribution in [0.5, 0.6) is 11.5 Å². The fourth-order valence-corrected chi connectivity index (χ4v) is 3.39. The van der Waals surface area contributed by atoms with Gasteiger partial charge in [0, 0.05) is 12.7 Å². The lowest BCUT2D eigenvalue weighted by molar-refractivity contribution is -0.139. The average Bonchev–Trinajstić information content (AvgIpc) is 3.04. The molecule has 7 heteroatoms. The molecule has 0 aromatic heterocycles. The SMILES string of the molecule is CCOC(=O)C1=C(C)N(C)C(SC)=N[C@H]1c1ccc2c(c1)OCO2. The van der Waals surface area contributed by atoms with Crippen LogP contribution in [0.3, 0.4) is 0 Å². The standard InChI is InChI=1S/C17H20N2O4S/c1-5-21-16(20)14-10(2)19(3)17(24-4)18-15(14)11-6-7-12-13(8-11)23-9-22-12/h6-8,15H,5,9H2,1-4H3/t15-/m0/s1. The van der Waals surface area contributed by atoms with Gasteiger partial charge < -0.3 is 19.1 Å². The van der Waals surface area contributed by atoms with E-state index in [9.17, 15) is 4.79 Å². The smallest absolute Gasteiger partial charge is 0.338 e. The molecule has 0 bridgehead atoms. The Morgan fingerprint density at radius 1 is 1.42 bits per heavy atom. The highest BCUT2D eigenvalue weighted by atomic mass is 32.2. The van der Waals surface area contributed by atoms with Gasteiger partial charge >= 0.3 is 5.97 Å². The number of amidine groups is 1. The second-order valence-corrected chi connectivity index (χ2v) is 6.18. The Bertz CT molecular complexity index is 729. The van der Waals surface area contributed by atoms with Gasteiger partial charge in [0.05, 0.1) is 12.2 Å². The zero-order valence-electron chi connectivity index (χ0n) is 14.2. The van der Waals surface area contributed by atoms with Gasteiger partial charge in [-0.2, -0.15) is 0 Å². The highest BCUT2D eigenvalue weighted by Gasteiger charge is 2.33. The molecule has 24 heavy (non-hydrogen) atoms. The summed E-state index contributed by atoms with van der Waals surface area (Å²) in [7, 11) is 1.90. The Morgan fingerprint density at radius 2 is 2.17 bits per heavy atom. The third kappa shape index (κ3) is 2.84. The Labute approximate surface area is 145 Å². The first-order valence-electron chi connectivity index (χ1n) is 7.69. The van der Waals surface area contributed by atoms with Crippen molar-refractivity contribution in [3.63, 3.8) is 0 Å². The van der Waals surface area contributed by atoms with Crippen molar-refractivity contribution in [3.8, 4) is 11.5 Å². The maximum absolute atomic E-state index is 12.5. The number of fused-ring (bicyclic) bond motifs is 1. The monoisotopic (exact) mass is 348 g/mol. The number of esters is 1. The van der Waals surface area contributed by atoms with Crippen molar-refractivity contribution in [3.05, 3.63) is 35.0 Å². The molecule has 0 fully saturated rings. The molecule has 0 spiro atoms. The maximum Gasteiger partial charge on any atom is 0.338 e. The largest absolute Gasteiger partial charge is 0.463 e. The first-order chi connectivity index (χ1) is 11.6. The van der Waals surface area contributed by atoms with Crippen LogP contribution in [0.25, 0.3) is 0 Å². The van der Waals surface area contributed by atoms with Crippen LogP contribution >= 0.6 is 11.8 Å². The predicted octanol–water partition coefficient (Wildman–Crippen LogP) is 2.96. The van der Waals surface area contributed by atoms with E-state index in [1.165, 1.54) is 0 Å². The molecule has 0 N–H and O–H groups in total. The van der Waals surface area contributed by atoms with Crippen LogP contribution in [-0.2, 0) is 9.53 Å². The van der Waals surface area contributed by atoms with Crippen molar-refractivity contribution in [2.75, 3.05) is 26.7 Å². The molecule has 0 saturated heterocycles. The summed E-state index contributed by atoms with van der Waals surface area (Å²) in [4.78, 5) is 19.2. The maximum atomic E-state index is 12.5. The number of ether oxygens (including phenoxy) is 3. The van der Waals surface area contributed by atoms with E-state index in [1.54, 1.807) is 18.7 Å². The van der Waals surface area contributed by atoms with Crippen LogP contribution < -0.4 is 9.47 Å². The summed E-state index contributed by atoms with van der Waals surface area (Å²) in [6.45, 7) is 4.25. The lowest BCUT2D eigenvalue weighted by Crippen LogP contribution is -2.32. The predicted molar refractivity (Wildman–Crippen MR) is 93.4 cm³/mol. The van der Waals surface area contributed by atoms with Crippen LogP contribution in [0.4, 0.5) is 0 Å². The molecule has 0 amide bonds. The zero-order chi connectivity index (χ0) is 17.3. The van der Waals surface area contributed by atoms with Gasteiger partial charge in [-0.3, -0.25) is 0 Å². The number of benzene rings is 1. The van der Waals surface area contributed by atoms with Crippen molar-refractivity contribution in [1.82, 2.24) is 4.90 Å². The summed E-state index contributed by atoms with van der Waals surface area (Å²) in [6, 6.07) is 5.23. The highest BCUT2D eigenvalue weighted by molar-refractivity contribution is 8.13. The number of hydrogen-bond acceptors (Lipinski definition) is 7. The molecule has 1 atom stereocenters. The zero-order valence-corrected chi connectivity index (χ0v) is 15.0. The first-order valence-corrected chi connectivity index (χ1v) is 8.92. The quantitative estimate of drug-likeness (QED) is 0.783. The summed E-state index contributed by atoms with van der Waals surface area (Å²) in [6.07, 6.45) is 1.97. The van der Waals surface area contributed by atoms with E-state index in [-0.39, 0.29) is 12.8 Å². The summed E-state index contributed by atoms with van der Waals surface area (Å²) in [5.41, 5.74) is 2.27. The van der Waals surface area contributed by atoms with Crippen LogP contribution in [0.1, 0.15) is 25.5 Å². The molecule has 0 saturated carbocycles. The summed E-state index contributed by atoms with van der Waals surface area (Å²) in [5, 5.41) is 0.850. The average molecular weight is 348 g/mol. The number of thioether (sulfide) groups is 1. The molecular weight excluding hydrogens is 328 g/mol. The minimum absolute atomic E-state index is 0.213. The molecule has 128 valence electrons. The van der Waals surface area contributed by atoms with E-state index < -0.39 is 6.04 Å². The molecule has 2 heterocycles. The first kappa shape index (κ1) is 16.7. The van der Waals surface area contributed by atoms with Gasteiger partial charge in [0.25, 0.3) is 0 Å². The minimum atomic E-state index is -0.419. The number of carbonyl (C=O) groups excluding carboxylic acids is 1. The van der Waals surface area contributed by atoms with Crippen molar-refractivity contribution in [2.45, 2.75) is 19.9 Å². The van der Waals surface area contributed by atoms with Crippen molar-refractivity contribution < 1.29 is 19.0 Å². The summed E-state index contributed by atoms with van der Waals surface area (Å²) < 4.78 is 16.1. The van der Waals surface area contributed by atoms with Gasteiger partial charge in [0.1, 0.15) is 6.04 Å². The second kappa shape index (κ2) is 6.76. The third-order valence-electron chi connectivity index (χ3n) is 4.08. The molecule has 1 aromatic carbocycles. The van der Waals surface area contributed by atoms with Crippen LogP contribution in [0.2, 0.25) is 0 Å². The van der Waals surface area contributed by atoms with Gasteiger partial charge in [-0.25, -0.2) is 9.79 Å². The van der Waals surface area contributed by atoms with Crippen LogP contribution in [0, 0.1) is 0 Å². The topological polar surface area (TPSA) is 60.4 Å². The Hall–Kier alpha value is -2.15. The lowest BCUT2D eigenvalue weighted by Gasteiger charge is -2.31. The Balaban J connectivity index is 2.07.